The number of amidine groups is 1. The molecule has 0 bridgehead atoms. The van der Waals surface area contributed by atoms with E-state index in [0.29, 0.717) is 5.01 Å². The van der Waals surface area contributed by atoms with Crippen molar-refractivity contribution in [2.24, 2.45) is 10.1 Å². The summed E-state index contributed by atoms with van der Waals surface area (Å²) >= 11 is 0. The van der Waals surface area contributed by atoms with Gasteiger partial charge in [-0.25, -0.2) is 13.4 Å². The van der Waals surface area contributed by atoms with Crippen molar-refractivity contribution in [3.05, 3.63) is 11.9 Å². The van der Waals surface area contributed by atoms with Gasteiger partial charge in [-0.3, -0.25) is 0 Å². The molecule has 0 aliphatic carbocycles. The number of rotatable bonds is 1. The topological polar surface area (TPSA) is 83.4 Å². The zero-order valence-corrected chi connectivity index (χ0v) is 9.46. The molecule has 0 saturated carbocycles. The normalized spacial score (nSPS) is 28.3. The van der Waals surface area contributed by atoms with E-state index in [1.54, 1.807) is 0 Å². The van der Waals surface area contributed by atoms with Crippen LogP contribution in [-0.2, 0) is 13.8 Å². The van der Waals surface area contributed by atoms with Crippen LogP contribution in [0.5, 0.6) is 0 Å². The first-order valence-electron chi connectivity index (χ1n) is 3.97. The maximum atomic E-state index is 13.9. The van der Waals surface area contributed by atoms with Gasteiger partial charge in [0, 0.05) is 24.0 Å². The first-order chi connectivity index (χ1) is 7.37. The number of fused-ring (bicyclic) bond motifs is 1. The standard InChI is InChI=1S/C6H6ClFN4O3S/c1-15-6(8)9-3-2-4-10-5(11-12(4)6)16(7,13)14/h2-3H,1H3,(H,10,11). The van der Waals surface area contributed by atoms with Crippen molar-refractivity contribution in [1.82, 2.24) is 10.3 Å². The summed E-state index contributed by atoms with van der Waals surface area (Å²) in [4.78, 5) is 3.39. The summed E-state index contributed by atoms with van der Waals surface area (Å²) in [6.45, 7) is 0. The first-order valence-corrected chi connectivity index (χ1v) is 6.28. The van der Waals surface area contributed by atoms with Crippen LogP contribution in [-0.4, -0.2) is 38.0 Å². The molecule has 0 aromatic carbocycles. The van der Waals surface area contributed by atoms with Crippen LogP contribution in [0.15, 0.2) is 22.0 Å². The van der Waals surface area contributed by atoms with E-state index >= 15 is 0 Å². The molecule has 0 aromatic heterocycles. The lowest BCUT2D eigenvalue weighted by molar-refractivity contribution is -0.209. The average Bonchev–Trinajstić information content (AvgIpc) is 2.63. The molecule has 2 aliphatic rings. The summed E-state index contributed by atoms with van der Waals surface area (Å²) in [6.07, 6.45) is -0.114. The maximum Gasteiger partial charge on any atom is 0.417 e. The average molecular weight is 269 g/mol. The van der Waals surface area contributed by atoms with E-state index in [4.69, 9.17) is 10.7 Å². The Morgan fingerprint density at radius 2 is 2.38 bits per heavy atom. The van der Waals surface area contributed by atoms with E-state index in [1.807, 2.05) is 0 Å². The number of alkyl halides is 1. The number of nitrogens with one attached hydrogen (secondary N) is 1. The SMILES string of the molecule is COC1(F)N=CC=C2NC(S(=O)(=O)Cl)=NN21. The number of hydrazone groups is 1. The van der Waals surface area contributed by atoms with Gasteiger partial charge >= 0.3 is 6.10 Å². The fourth-order valence-corrected chi connectivity index (χ4v) is 1.77. The van der Waals surface area contributed by atoms with Gasteiger partial charge in [0.2, 0.25) is 0 Å². The summed E-state index contributed by atoms with van der Waals surface area (Å²) in [5, 5.41) is 5.83. The second-order valence-electron chi connectivity index (χ2n) is 2.84. The Kier molecular flexibility index (Phi) is 2.40. The number of methoxy groups -OCH3 is 1. The van der Waals surface area contributed by atoms with Gasteiger partial charge in [0.05, 0.1) is 0 Å². The minimum Gasteiger partial charge on any atom is -0.313 e. The molecule has 0 fully saturated rings. The lowest BCUT2D eigenvalue weighted by atomic mass is 10.5. The number of hydrogen-bond donors (Lipinski definition) is 1. The maximum absolute atomic E-state index is 13.9. The van der Waals surface area contributed by atoms with Crippen molar-refractivity contribution in [2.45, 2.75) is 6.10 Å². The first kappa shape index (κ1) is 11.3. The van der Waals surface area contributed by atoms with Crippen LogP contribution in [0.25, 0.3) is 0 Å². The third-order valence-electron chi connectivity index (χ3n) is 1.87. The number of allylic oxidation sites excluding steroid dienone is 1. The Balaban J connectivity index is 2.42. The molecule has 1 N–H and O–H groups in total. The van der Waals surface area contributed by atoms with E-state index in [1.165, 1.54) is 6.08 Å². The second kappa shape index (κ2) is 3.40. The summed E-state index contributed by atoms with van der Waals surface area (Å²) in [7, 11) is 2.07. The molecular formula is C6H6ClFN4O3S. The van der Waals surface area contributed by atoms with Crippen molar-refractivity contribution in [3.8, 4) is 0 Å². The van der Waals surface area contributed by atoms with Crippen LogP contribution >= 0.6 is 10.7 Å². The lowest BCUT2D eigenvalue weighted by Gasteiger charge is -2.28. The predicted octanol–water partition coefficient (Wildman–Crippen LogP) is -0.116. The second-order valence-corrected chi connectivity index (χ2v) is 5.32. The quantitative estimate of drug-likeness (QED) is 0.530. The summed E-state index contributed by atoms with van der Waals surface area (Å²) < 4.78 is 40.4. The monoisotopic (exact) mass is 268 g/mol. The molecule has 0 spiro atoms. The number of ether oxygens (including phenoxy) is 1. The Morgan fingerprint density at radius 1 is 1.69 bits per heavy atom. The molecule has 2 heterocycles. The number of nitrogens with zero attached hydrogens (tertiary/aromatic N) is 3. The molecule has 88 valence electrons. The predicted molar refractivity (Wildman–Crippen MR) is 54.6 cm³/mol. The molecule has 2 rings (SSSR count). The van der Waals surface area contributed by atoms with Crippen LogP contribution in [0.4, 0.5) is 4.39 Å². The van der Waals surface area contributed by atoms with Crippen LogP contribution < -0.4 is 5.32 Å². The van der Waals surface area contributed by atoms with E-state index < -0.39 is 20.3 Å². The third-order valence-corrected chi connectivity index (χ3v) is 2.96. The lowest BCUT2D eigenvalue weighted by Crippen LogP contribution is -2.43. The van der Waals surface area contributed by atoms with Crippen molar-refractivity contribution in [3.63, 3.8) is 0 Å². The van der Waals surface area contributed by atoms with Crippen LogP contribution in [0.3, 0.4) is 0 Å². The highest BCUT2D eigenvalue weighted by molar-refractivity contribution is 8.25. The molecule has 0 amide bonds. The molecule has 0 aromatic rings. The van der Waals surface area contributed by atoms with E-state index in [0.717, 1.165) is 13.3 Å². The molecule has 7 nitrogen and oxygen atoms in total. The van der Waals surface area contributed by atoms with Gasteiger partial charge in [-0.05, 0) is 6.08 Å². The molecular weight excluding hydrogens is 263 g/mol. The van der Waals surface area contributed by atoms with Gasteiger partial charge in [-0.15, -0.1) is 5.10 Å². The Labute approximate surface area is 94.6 Å². The van der Waals surface area contributed by atoms with Gasteiger partial charge in [-0.2, -0.15) is 9.40 Å². The highest BCUT2D eigenvalue weighted by atomic mass is 35.7. The third kappa shape index (κ3) is 1.66. The van der Waals surface area contributed by atoms with Crippen molar-refractivity contribution in [1.29, 1.82) is 0 Å². The molecule has 0 radical (unpaired) electrons. The fourth-order valence-electron chi connectivity index (χ4n) is 1.16. The minimum atomic E-state index is -4.07. The van der Waals surface area contributed by atoms with Gasteiger partial charge < -0.3 is 10.1 Å². The number of aliphatic imine (C=N–C) groups is 1. The Bertz CT molecular complexity index is 516. The van der Waals surface area contributed by atoms with Gasteiger partial charge in [0.1, 0.15) is 5.82 Å². The van der Waals surface area contributed by atoms with Crippen LogP contribution in [0.1, 0.15) is 0 Å². The highest BCUT2D eigenvalue weighted by Crippen LogP contribution is 2.30. The Morgan fingerprint density at radius 3 is 2.94 bits per heavy atom. The smallest absolute Gasteiger partial charge is 0.313 e. The molecule has 2 aliphatic heterocycles. The fraction of sp³-hybridized carbons (Fsp3) is 0.333. The molecule has 1 unspecified atom stereocenters. The zero-order valence-electron chi connectivity index (χ0n) is 7.89. The van der Waals surface area contributed by atoms with Crippen LogP contribution in [0, 0.1) is 0 Å². The largest absolute Gasteiger partial charge is 0.417 e. The van der Waals surface area contributed by atoms with Crippen molar-refractivity contribution in [2.75, 3.05) is 7.11 Å². The molecule has 10 heteroatoms. The number of hydrogen-bond acceptors (Lipinski definition) is 7. The molecule has 1 atom stereocenters. The molecule has 0 saturated heterocycles. The van der Waals surface area contributed by atoms with Gasteiger partial charge in [0.25, 0.3) is 14.2 Å². The highest BCUT2D eigenvalue weighted by Gasteiger charge is 2.45. The van der Waals surface area contributed by atoms with E-state index in [-0.39, 0.29) is 5.82 Å². The van der Waals surface area contributed by atoms with E-state index in [2.05, 4.69) is 20.1 Å². The minimum absolute atomic E-state index is 0.0681. The van der Waals surface area contributed by atoms with Gasteiger partial charge in [0.15, 0.2) is 0 Å². The summed E-state index contributed by atoms with van der Waals surface area (Å²) in [6, 6.07) is 0. The summed E-state index contributed by atoms with van der Waals surface area (Å²) in [5.41, 5.74) is 0. The summed E-state index contributed by atoms with van der Waals surface area (Å²) in [5.74, 6) is 0.0681. The van der Waals surface area contributed by atoms with Crippen molar-refractivity contribution < 1.29 is 17.5 Å². The van der Waals surface area contributed by atoms with Crippen molar-refractivity contribution >= 4 is 31.1 Å². The van der Waals surface area contributed by atoms with Crippen LogP contribution in [0.2, 0.25) is 0 Å². The van der Waals surface area contributed by atoms with E-state index in [9.17, 15) is 12.8 Å². The Hall–Kier alpha value is -1.19. The molecule has 16 heavy (non-hydrogen) atoms. The zero-order chi connectivity index (χ0) is 12.0. The van der Waals surface area contributed by atoms with Gasteiger partial charge in [-0.1, -0.05) is 0 Å². The number of halogens is 2.